The second kappa shape index (κ2) is 5.91. The molecule has 0 unspecified atom stereocenters. The molecule has 0 bridgehead atoms. The van der Waals surface area contributed by atoms with Gasteiger partial charge in [-0.2, -0.15) is 5.26 Å². The highest BCUT2D eigenvalue weighted by molar-refractivity contribution is 5.40. The number of halogens is 1. The van der Waals surface area contributed by atoms with Gasteiger partial charge in [-0.1, -0.05) is 12.1 Å². The summed E-state index contributed by atoms with van der Waals surface area (Å²) < 4.78 is 13.1. The fourth-order valence-electron chi connectivity index (χ4n) is 1.76. The first-order valence-corrected chi connectivity index (χ1v) is 5.96. The van der Waals surface area contributed by atoms with Crippen molar-refractivity contribution in [1.29, 1.82) is 5.26 Å². The van der Waals surface area contributed by atoms with Crippen molar-refractivity contribution < 1.29 is 4.39 Å². The van der Waals surface area contributed by atoms with Crippen LogP contribution >= 0.6 is 0 Å². The van der Waals surface area contributed by atoms with E-state index in [0.717, 1.165) is 12.1 Å². The zero-order valence-electron chi connectivity index (χ0n) is 10.5. The van der Waals surface area contributed by atoms with Crippen LogP contribution in [0, 0.1) is 17.1 Å². The van der Waals surface area contributed by atoms with Crippen LogP contribution in [0.3, 0.4) is 0 Å². The zero-order valence-corrected chi connectivity index (χ0v) is 10.5. The lowest BCUT2D eigenvalue weighted by atomic mass is 10.2. The van der Waals surface area contributed by atoms with Gasteiger partial charge in [0, 0.05) is 13.1 Å². The van der Waals surface area contributed by atoms with Crippen LogP contribution in [0.2, 0.25) is 0 Å². The second-order valence-electron chi connectivity index (χ2n) is 4.03. The van der Waals surface area contributed by atoms with E-state index in [1.165, 1.54) is 12.1 Å². The van der Waals surface area contributed by atoms with Crippen molar-refractivity contribution in [2.24, 2.45) is 0 Å². The lowest BCUT2D eigenvalue weighted by molar-refractivity contribution is 0.624. The maximum Gasteiger partial charge on any atom is 0.163 e. The molecule has 4 nitrogen and oxygen atoms in total. The van der Waals surface area contributed by atoms with Gasteiger partial charge < -0.3 is 4.90 Å². The summed E-state index contributed by atoms with van der Waals surface area (Å²) in [6.45, 7) is 3.26. The Hall–Kier alpha value is -2.48. The van der Waals surface area contributed by atoms with Gasteiger partial charge in [-0.15, -0.1) is 10.2 Å². The van der Waals surface area contributed by atoms with Crippen LogP contribution in [0.4, 0.5) is 10.2 Å². The number of anilines is 1. The number of nitrogens with zero attached hydrogens (tertiary/aromatic N) is 4. The number of nitriles is 1. The Morgan fingerprint density at radius 3 is 2.68 bits per heavy atom. The molecule has 0 atom stereocenters. The number of hydrogen-bond acceptors (Lipinski definition) is 4. The molecule has 1 aromatic carbocycles. The molecule has 0 amide bonds. The van der Waals surface area contributed by atoms with Crippen molar-refractivity contribution in [2.75, 3.05) is 11.4 Å². The number of aromatic nitrogens is 2. The Morgan fingerprint density at radius 2 is 2.11 bits per heavy atom. The van der Waals surface area contributed by atoms with Crippen LogP contribution in [-0.2, 0) is 6.54 Å². The minimum absolute atomic E-state index is 0.250. The van der Waals surface area contributed by atoms with Crippen molar-refractivity contribution >= 4 is 5.82 Å². The van der Waals surface area contributed by atoms with Gasteiger partial charge in [0.1, 0.15) is 11.9 Å². The van der Waals surface area contributed by atoms with E-state index in [4.69, 9.17) is 5.26 Å². The summed E-state index contributed by atoms with van der Waals surface area (Å²) in [6, 6.07) is 11.8. The first-order valence-electron chi connectivity index (χ1n) is 5.96. The minimum Gasteiger partial charge on any atom is -0.351 e. The van der Waals surface area contributed by atoms with E-state index < -0.39 is 0 Å². The molecule has 1 heterocycles. The monoisotopic (exact) mass is 256 g/mol. The van der Waals surface area contributed by atoms with Gasteiger partial charge in [0.2, 0.25) is 0 Å². The zero-order chi connectivity index (χ0) is 13.7. The van der Waals surface area contributed by atoms with Crippen molar-refractivity contribution in [2.45, 2.75) is 13.5 Å². The number of hydrogen-bond donors (Lipinski definition) is 0. The van der Waals surface area contributed by atoms with Gasteiger partial charge >= 0.3 is 0 Å². The van der Waals surface area contributed by atoms with Gasteiger partial charge in [0.15, 0.2) is 11.5 Å². The van der Waals surface area contributed by atoms with Crippen LogP contribution in [0.15, 0.2) is 36.4 Å². The Morgan fingerprint density at radius 1 is 1.26 bits per heavy atom. The molecule has 5 heteroatoms. The third-order valence-electron chi connectivity index (χ3n) is 2.73. The molecule has 0 radical (unpaired) electrons. The van der Waals surface area contributed by atoms with Crippen LogP contribution in [-0.4, -0.2) is 16.7 Å². The molecule has 96 valence electrons. The molecule has 0 fully saturated rings. The molecule has 2 aromatic rings. The van der Waals surface area contributed by atoms with Gasteiger partial charge in [-0.25, -0.2) is 4.39 Å². The standard InChI is InChI=1S/C14H13FN4/c1-2-19(10-11-4-3-5-12(15)8-11)14-7-6-13(9-16)17-18-14/h3-8H,2,10H2,1H3. The molecule has 0 saturated heterocycles. The van der Waals surface area contributed by atoms with E-state index in [9.17, 15) is 4.39 Å². The van der Waals surface area contributed by atoms with Gasteiger partial charge in [-0.3, -0.25) is 0 Å². The number of benzene rings is 1. The average Bonchev–Trinajstić information content (AvgIpc) is 2.45. The molecule has 19 heavy (non-hydrogen) atoms. The molecular formula is C14H13FN4. The topological polar surface area (TPSA) is 52.8 Å². The average molecular weight is 256 g/mol. The largest absolute Gasteiger partial charge is 0.351 e. The molecule has 0 saturated carbocycles. The highest BCUT2D eigenvalue weighted by Crippen LogP contribution is 2.14. The molecule has 0 aliphatic carbocycles. The number of rotatable bonds is 4. The fraction of sp³-hybridized carbons (Fsp3) is 0.214. The SMILES string of the molecule is CCN(Cc1cccc(F)c1)c1ccc(C#N)nn1. The maximum absolute atomic E-state index is 13.1. The van der Waals surface area contributed by atoms with Crippen molar-refractivity contribution in [3.8, 4) is 6.07 Å². The van der Waals surface area contributed by atoms with Crippen molar-refractivity contribution in [3.05, 3.63) is 53.5 Å². The highest BCUT2D eigenvalue weighted by atomic mass is 19.1. The summed E-state index contributed by atoms with van der Waals surface area (Å²) in [5.74, 6) is 0.422. The molecule has 0 aliphatic rings. The predicted octanol–water partition coefficient (Wildman–Crippen LogP) is 2.51. The third kappa shape index (κ3) is 3.26. The predicted molar refractivity (Wildman–Crippen MR) is 69.9 cm³/mol. The van der Waals surface area contributed by atoms with Crippen LogP contribution in [0.1, 0.15) is 18.2 Å². The van der Waals surface area contributed by atoms with E-state index in [1.54, 1.807) is 18.2 Å². The van der Waals surface area contributed by atoms with E-state index in [1.807, 2.05) is 24.0 Å². The first-order chi connectivity index (χ1) is 9.22. The fourth-order valence-corrected chi connectivity index (χ4v) is 1.76. The smallest absolute Gasteiger partial charge is 0.163 e. The second-order valence-corrected chi connectivity index (χ2v) is 4.03. The lowest BCUT2D eigenvalue weighted by Crippen LogP contribution is -2.23. The molecule has 0 N–H and O–H groups in total. The first kappa shape index (κ1) is 13.0. The quantitative estimate of drug-likeness (QED) is 0.843. The summed E-state index contributed by atoms with van der Waals surface area (Å²) in [5, 5.41) is 16.5. The van der Waals surface area contributed by atoms with Gasteiger partial charge in [0.05, 0.1) is 0 Å². The molecule has 2 rings (SSSR count). The highest BCUT2D eigenvalue weighted by Gasteiger charge is 2.08. The van der Waals surface area contributed by atoms with Crippen molar-refractivity contribution in [1.82, 2.24) is 10.2 Å². The third-order valence-corrected chi connectivity index (χ3v) is 2.73. The molecular weight excluding hydrogens is 243 g/mol. The van der Waals surface area contributed by atoms with E-state index in [2.05, 4.69) is 10.2 Å². The maximum atomic E-state index is 13.1. The van der Waals surface area contributed by atoms with Crippen LogP contribution in [0.25, 0.3) is 0 Å². The Bertz CT molecular complexity index is 589. The van der Waals surface area contributed by atoms with Gasteiger partial charge in [-0.05, 0) is 36.8 Å². The lowest BCUT2D eigenvalue weighted by Gasteiger charge is -2.21. The van der Waals surface area contributed by atoms with Crippen LogP contribution < -0.4 is 4.90 Å². The Kier molecular flexibility index (Phi) is 4.04. The van der Waals surface area contributed by atoms with E-state index >= 15 is 0 Å². The molecule has 0 aliphatic heterocycles. The van der Waals surface area contributed by atoms with Crippen LogP contribution in [0.5, 0.6) is 0 Å². The normalized spacial score (nSPS) is 9.95. The molecule has 1 aromatic heterocycles. The Balaban J connectivity index is 2.18. The molecule has 0 spiro atoms. The van der Waals surface area contributed by atoms with E-state index in [0.29, 0.717) is 12.4 Å². The summed E-state index contributed by atoms with van der Waals surface area (Å²) in [7, 11) is 0. The Labute approximate surface area is 111 Å². The minimum atomic E-state index is -0.250. The van der Waals surface area contributed by atoms with Gasteiger partial charge in [0.25, 0.3) is 0 Å². The summed E-state index contributed by atoms with van der Waals surface area (Å²) in [6.07, 6.45) is 0. The summed E-state index contributed by atoms with van der Waals surface area (Å²) in [4.78, 5) is 1.96. The van der Waals surface area contributed by atoms with E-state index in [-0.39, 0.29) is 11.5 Å². The summed E-state index contributed by atoms with van der Waals surface area (Å²) >= 11 is 0. The summed E-state index contributed by atoms with van der Waals surface area (Å²) in [5.41, 5.74) is 1.15. The van der Waals surface area contributed by atoms with Crippen molar-refractivity contribution in [3.63, 3.8) is 0 Å².